The van der Waals surface area contributed by atoms with Gasteiger partial charge in [-0.2, -0.15) is 5.10 Å². The Bertz CT molecular complexity index is 651. The van der Waals surface area contributed by atoms with Gasteiger partial charge in [0, 0.05) is 16.7 Å². The Morgan fingerprint density at radius 3 is 2.68 bits per heavy atom. The van der Waals surface area contributed by atoms with Gasteiger partial charge in [-0.15, -0.1) is 0 Å². The summed E-state index contributed by atoms with van der Waals surface area (Å²) in [7, 11) is 0. The molecule has 0 atom stereocenters. The number of carboxylic acids is 1. The van der Waals surface area contributed by atoms with Gasteiger partial charge in [0.25, 0.3) is 5.91 Å². The van der Waals surface area contributed by atoms with Crippen molar-refractivity contribution in [2.45, 2.75) is 6.92 Å². The van der Waals surface area contributed by atoms with E-state index in [0.29, 0.717) is 10.6 Å². The first-order valence-electron chi connectivity index (χ1n) is 5.33. The summed E-state index contributed by atoms with van der Waals surface area (Å²) in [6.07, 6.45) is 0. The van der Waals surface area contributed by atoms with E-state index in [-0.39, 0.29) is 17.4 Å². The molecule has 0 aliphatic heterocycles. The predicted octanol–water partition coefficient (Wildman–Crippen LogP) is 2.32. The molecule has 6 nitrogen and oxygen atoms in total. The Hall–Kier alpha value is -2.34. The summed E-state index contributed by atoms with van der Waals surface area (Å²) in [6, 6.07) is 6.08. The van der Waals surface area contributed by atoms with Crippen LogP contribution in [0.25, 0.3) is 0 Å². The maximum atomic E-state index is 11.9. The largest absolute Gasteiger partial charge is 0.477 e. The molecule has 2 aromatic rings. The first kappa shape index (κ1) is 13.1. The molecule has 0 fully saturated rings. The molecule has 98 valence electrons. The van der Waals surface area contributed by atoms with Crippen LogP contribution in [0.1, 0.15) is 26.4 Å². The van der Waals surface area contributed by atoms with Crippen LogP contribution < -0.4 is 5.32 Å². The normalized spacial score (nSPS) is 10.2. The first-order chi connectivity index (χ1) is 8.97. The SMILES string of the molecule is Cc1cc(C(=O)Nc2cc(C(=O)O)[nH]n2)ccc1Cl. The van der Waals surface area contributed by atoms with Gasteiger partial charge in [0.2, 0.25) is 0 Å². The zero-order chi connectivity index (χ0) is 14.0. The molecule has 0 unspecified atom stereocenters. The van der Waals surface area contributed by atoms with E-state index in [2.05, 4.69) is 15.5 Å². The summed E-state index contributed by atoms with van der Waals surface area (Å²) in [6.45, 7) is 1.79. The second-order valence-electron chi connectivity index (χ2n) is 3.89. The number of rotatable bonds is 3. The maximum absolute atomic E-state index is 11.9. The van der Waals surface area contributed by atoms with E-state index in [0.717, 1.165) is 5.56 Å². The Labute approximate surface area is 113 Å². The minimum atomic E-state index is -1.14. The second-order valence-corrected chi connectivity index (χ2v) is 4.30. The monoisotopic (exact) mass is 279 g/mol. The van der Waals surface area contributed by atoms with Crippen molar-refractivity contribution in [3.8, 4) is 0 Å². The number of nitrogens with one attached hydrogen (secondary N) is 2. The number of aromatic nitrogens is 2. The van der Waals surface area contributed by atoms with Gasteiger partial charge in [0.1, 0.15) is 5.69 Å². The lowest BCUT2D eigenvalue weighted by Gasteiger charge is -2.03. The molecule has 0 bridgehead atoms. The van der Waals surface area contributed by atoms with Gasteiger partial charge in [-0.25, -0.2) is 4.79 Å². The van der Waals surface area contributed by atoms with Crippen molar-refractivity contribution < 1.29 is 14.7 Å². The average molecular weight is 280 g/mol. The van der Waals surface area contributed by atoms with Crippen LogP contribution in [0.2, 0.25) is 5.02 Å². The van der Waals surface area contributed by atoms with Crippen LogP contribution in [0.15, 0.2) is 24.3 Å². The highest BCUT2D eigenvalue weighted by atomic mass is 35.5. The number of carbonyl (C=O) groups excluding carboxylic acids is 1. The van der Waals surface area contributed by atoms with E-state index in [1.807, 2.05) is 0 Å². The minimum absolute atomic E-state index is 0.0948. The van der Waals surface area contributed by atoms with Crippen molar-refractivity contribution in [1.82, 2.24) is 10.2 Å². The van der Waals surface area contributed by atoms with Gasteiger partial charge in [-0.3, -0.25) is 9.89 Å². The molecular formula is C12H10ClN3O3. The zero-order valence-electron chi connectivity index (χ0n) is 9.90. The first-order valence-corrected chi connectivity index (χ1v) is 5.71. The molecule has 3 N–H and O–H groups in total. The molecule has 1 aromatic carbocycles. The summed E-state index contributed by atoms with van der Waals surface area (Å²) >= 11 is 5.87. The minimum Gasteiger partial charge on any atom is -0.477 e. The number of H-pyrrole nitrogens is 1. The van der Waals surface area contributed by atoms with Crippen LogP contribution in [0.5, 0.6) is 0 Å². The molecular weight excluding hydrogens is 270 g/mol. The molecule has 1 amide bonds. The number of aromatic amines is 1. The summed E-state index contributed by atoms with van der Waals surface area (Å²) in [5.41, 5.74) is 1.10. The standard InChI is InChI=1S/C12H10ClN3O3/c1-6-4-7(2-3-8(6)13)11(17)14-10-5-9(12(18)19)15-16-10/h2-5H,1H3,(H,18,19)(H2,14,15,16,17). The Balaban J connectivity index is 2.15. The van der Waals surface area contributed by atoms with E-state index in [4.69, 9.17) is 16.7 Å². The number of carboxylic acid groups (broad SMARTS) is 1. The highest BCUT2D eigenvalue weighted by Gasteiger charge is 2.12. The zero-order valence-corrected chi connectivity index (χ0v) is 10.7. The third kappa shape index (κ3) is 2.92. The number of benzene rings is 1. The number of hydrogen-bond donors (Lipinski definition) is 3. The topological polar surface area (TPSA) is 95.1 Å². The van der Waals surface area contributed by atoms with Crippen molar-refractivity contribution in [2.24, 2.45) is 0 Å². The summed E-state index contributed by atoms with van der Waals surface area (Å²) < 4.78 is 0. The van der Waals surface area contributed by atoms with Crippen LogP contribution in [-0.4, -0.2) is 27.2 Å². The number of hydrogen-bond acceptors (Lipinski definition) is 3. The number of amides is 1. The highest BCUT2D eigenvalue weighted by molar-refractivity contribution is 6.31. The van der Waals surface area contributed by atoms with Crippen LogP contribution in [0.3, 0.4) is 0 Å². The Morgan fingerprint density at radius 1 is 1.37 bits per heavy atom. The number of anilines is 1. The molecule has 2 rings (SSSR count). The molecule has 0 saturated carbocycles. The molecule has 0 aliphatic rings. The second kappa shape index (κ2) is 5.11. The lowest BCUT2D eigenvalue weighted by atomic mass is 10.1. The molecule has 19 heavy (non-hydrogen) atoms. The molecule has 0 radical (unpaired) electrons. The van der Waals surface area contributed by atoms with Crippen LogP contribution in [0, 0.1) is 6.92 Å². The number of carbonyl (C=O) groups is 2. The maximum Gasteiger partial charge on any atom is 0.353 e. The van der Waals surface area contributed by atoms with Gasteiger partial charge in [0.05, 0.1) is 0 Å². The van der Waals surface area contributed by atoms with Gasteiger partial charge in [-0.05, 0) is 30.7 Å². The number of aryl methyl sites for hydroxylation is 1. The smallest absolute Gasteiger partial charge is 0.353 e. The number of nitrogens with zero attached hydrogens (tertiary/aromatic N) is 1. The summed E-state index contributed by atoms with van der Waals surface area (Å²) in [5.74, 6) is -1.38. The van der Waals surface area contributed by atoms with Gasteiger partial charge >= 0.3 is 5.97 Å². The van der Waals surface area contributed by atoms with Crippen molar-refractivity contribution in [1.29, 1.82) is 0 Å². The van der Waals surface area contributed by atoms with Crippen LogP contribution >= 0.6 is 11.6 Å². The average Bonchev–Trinajstić information content (AvgIpc) is 2.81. The van der Waals surface area contributed by atoms with Crippen LogP contribution in [-0.2, 0) is 0 Å². The molecule has 1 aromatic heterocycles. The molecule has 0 aliphatic carbocycles. The fraction of sp³-hybridized carbons (Fsp3) is 0.0833. The predicted molar refractivity (Wildman–Crippen MR) is 69.7 cm³/mol. The van der Waals surface area contributed by atoms with Crippen molar-refractivity contribution in [2.75, 3.05) is 5.32 Å². The molecule has 1 heterocycles. The van der Waals surface area contributed by atoms with Crippen molar-refractivity contribution >= 4 is 29.3 Å². The van der Waals surface area contributed by atoms with Crippen molar-refractivity contribution in [3.05, 3.63) is 46.1 Å². The summed E-state index contributed by atoms with van der Waals surface area (Å²) in [5, 5.41) is 17.8. The van der Waals surface area contributed by atoms with Gasteiger partial charge in [-0.1, -0.05) is 11.6 Å². The lowest BCUT2D eigenvalue weighted by molar-refractivity contribution is 0.0690. The fourth-order valence-corrected chi connectivity index (χ4v) is 1.59. The quantitative estimate of drug-likeness (QED) is 0.803. The van der Waals surface area contributed by atoms with E-state index < -0.39 is 5.97 Å². The van der Waals surface area contributed by atoms with Crippen LogP contribution in [0.4, 0.5) is 5.82 Å². The molecule has 0 saturated heterocycles. The number of aromatic carboxylic acids is 1. The summed E-state index contributed by atoms with van der Waals surface area (Å²) in [4.78, 5) is 22.6. The molecule has 7 heteroatoms. The van der Waals surface area contributed by atoms with Crippen molar-refractivity contribution in [3.63, 3.8) is 0 Å². The van der Waals surface area contributed by atoms with E-state index in [9.17, 15) is 9.59 Å². The van der Waals surface area contributed by atoms with E-state index >= 15 is 0 Å². The van der Waals surface area contributed by atoms with Gasteiger partial charge < -0.3 is 10.4 Å². The number of halogens is 1. The highest BCUT2D eigenvalue weighted by Crippen LogP contribution is 2.17. The lowest BCUT2D eigenvalue weighted by Crippen LogP contribution is -2.12. The fourth-order valence-electron chi connectivity index (χ4n) is 1.47. The van der Waals surface area contributed by atoms with E-state index in [1.54, 1.807) is 25.1 Å². The Morgan fingerprint density at radius 2 is 2.11 bits per heavy atom. The third-order valence-electron chi connectivity index (χ3n) is 2.47. The Kier molecular flexibility index (Phi) is 3.52. The third-order valence-corrected chi connectivity index (χ3v) is 2.89. The molecule has 0 spiro atoms. The van der Waals surface area contributed by atoms with E-state index in [1.165, 1.54) is 6.07 Å². The van der Waals surface area contributed by atoms with Gasteiger partial charge in [0.15, 0.2) is 5.82 Å².